The lowest BCUT2D eigenvalue weighted by atomic mass is 10.1. The van der Waals surface area contributed by atoms with E-state index in [9.17, 15) is 13.2 Å². The molecule has 0 saturated heterocycles. The van der Waals surface area contributed by atoms with E-state index in [2.05, 4.69) is 5.32 Å². The molecule has 0 aliphatic heterocycles. The van der Waals surface area contributed by atoms with Gasteiger partial charge in [-0.1, -0.05) is 42.5 Å². The van der Waals surface area contributed by atoms with Crippen LogP contribution in [0.2, 0.25) is 0 Å². The third kappa shape index (κ3) is 5.23. The minimum atomic E-state index is -3.45. The highest BCUT2D eigenvalue weighted by atomic mass is 32.2. The van der Waals surface area contributed by atoms with Crippen LogP contribution in [-0.2, 0) is 16.6 Å². The standard InChI is InChI=1S/C23H24N2O3S/c1-17-7-6-9-21(15-17)25(29(3,27)28)16-19-11-13-20(14-12-19)23(26)24-22-10-5-4-8-18(22)2/h4-15H,16H2,1-3H3,(H,24,26). The molecule has 0 fully saturated rings. The SMILES string of the molecule is Cc1cccc(N(Cc2ccc(C(=O)Nc3ccccc3C)cc2)S(C)(=O)=O)c1. The van der Waals surface area contributed by atoms with E-state index in [1.165, 1.54) is 10.6 Å². The largest absolute Gasteiger partial charge is 0.322 e. The highest BCUT2D eigenvalue weighted by molar-refractivity contribution is 7.92. The number of hydrogen-bond acceptors (Lipinski definition) is 3. The molecule has 0 aliphatic carbocycles. The Hall–Kier alpha value is -3.12. The fourth-order valence-electron chi connectivity index (χ4n) is 3.02. The molecule has 0 aromatic heterocycles. The number of aryl methyl sites for hydroxylation is 2. The van der Waals surface area contributed by atoms with E-state index >= 15 is 0 Å². The molecule has 0 atom stereocenters. The quantitative estimate of drug-likeness (QED) is 0.652. The Kier molecular flexibility index (Phi) is 6.03. The van der Waals surface area contributed by atoms with Crippen LogP contribution in [0.15, 0.2) is 72.8 Å². The lowest BCUT2D eigenvalue weighted by Crippen LogP contribution is -2.29. The molecule has 0 aliphatic rings. The second-order valence-electron chi connectivity index (χ2n) is 7.07. The summed E-state index contributed by atoms with van der Waals surface area (Å²) in [4.78, 5) is 12.5. The molecule has 0 heterocycles. The highest BCUT2D eigenvalue weighted by Gasteiger charge is 2.18. The molecule has 0 bridgehead atoms. The van der Waals surface area contributed by atoms with Crippen LogP contribution >= 0.6 is 0 Å². The average molecular weight is 409 g/mol. The number of benzene rings is 3. The van der Waals surface area contributed by atoms with Crippen molar-refractivity contribution in [2.45, 2.75) is 20.4 Å². The second kappa shape index (κ2) is 8.49. The van der Waals surface area contributed by atoms with Crippen molar-refractivity contribution < 1.29 is 13.2 Å². The average Bonchev–Trinajstić information content (AvgIpc) is 2.67. The molecule has 0 unspecified atom stereocenters. The molecule has 3 rings (SSSR count). The van der Waals surface area contributed by atoms with Crippen LogP contribution in [0.5, 0.6) is 0 Å². The molecular weight excluding hydrogens is 384 g/mol. The summed E-state index contributed by atoms with van der Waals surface area (Å²) in [6.45, 7) is 4.05. The predicted octanol–water partition coefficient (Wildman–Crippen LogP) is 4.52. The predicted molar refractivity (Wildman–Crippen MR) is 118 cm³/mol. The summed E-state index contributed by atoms with van der Waals surface area (Å²) in [5.74, 6) is -0.204. The smallest absolute Gasteiger partial charge is 0.255 e. The van der Waals surface area contributed by atoms with Gasteiger partial charge in [0.2, 0.25) is 10.0 Å². The minimum Gasteiger partial charge on any atom is -0.322 e. The Bertz CT molecular complexity index is 1120. The van der Waals surface area contributed by atoms with Gasteiger partial charge in [0, 0.05) is 11.3 Å². The van der Waals surface area contributed by atoms with Crippen LogP contribution < -0.4 is 9.62 Å². The van der Waals surface area contributed by atoms with Gasteiger partial charge < -0.3 is 5.32 Å². The summed E-state index contributed by atoms with van der Waals surface area (Å²) in [6.07, 6.45) is 1.19. The van der Waals surface area contributed by atoms with Crippen molar-refractivity contribution in [3.63, 3.8) is 0 Å². The number of nitrogens with zero attached hydrogens (tertiary/aromatic N) is 1. The monoisotopic (exact) mass is 408 g/mol. The van der Waals surface area contributed by atoms with Crippen LogP contribution in [0.1, 0.15) is 27.0 Å². The summed E-state index contributed by atoms with van der Waals surface area (Å²) in [5.41, 5.74) is 4.67. The molecule has 0 radical (unpaired) electrons. The van der Waals surface area contributed by atoms with Crippen molar-refractivity contribution in [3.8, 4) is 0 Å². The number of nitrogens with one attached hydrogen (secondary N) is 1. The van der Waals surface area contributed by atoms with Gasteiger partial charge >= 0.3 is 0 Å². The Morgan fingerprint density at radius 1 is 0.931 bits per heavy atom. The van der Waals surface area contributed by atoms with E-state index in [-0.39, 0.29) is 12.5 Å². The van der Waals surface area contributed by atoms with Crippen LogP contribution in [-0.4, -0.2) is 20.6 Å². The zero-order valence-electron chi connectivity index (χ0n) is 16.7. The summed E-state index contributed by atoms with van der Waals surface area (Å²) in [7, 11) is -3.45. The van der Waals surface area contributed by atoms with E-state index in [1.54, 1.807) is 30.3 Å². The van der Waals surface area contributed by atoms with Crippen molar-refractivity contribution in [2.24, 2.45) is 0 Å². The molecule has 1 amide bonds. The second-order valence-corrected chi connectivity index (χ2v) is 8.98. The highest BCUT2D eigenvalue weighted by Crippen LogP contribution is 2.22. The van der Waals surface area contributed by atoms with Gasteiger partial charge in [-0.3, -0.25) is 9.10 Å². The molecule has 6 heteroatoms. The van der Waals surface area contributed by atoms with Gasteiger partial charge in [0.25, 0.3) is 5.91 Å². The molecule has 0 spiro atoms. The van der Waals surface area contributed by atoms with Crippen molar-refractivity contribution in [3.05, 3.63) is 95.1 Å². The zero-order chi connectivity index (χ0) is 21.0. The third-order valence-corrected chi connectivity index (χ3v) is 5.77. The first-order valence-electron chi connectivity index (χ1n) is 9.24. The maximum Gasteiger partial charge on any atom is 0.255 e. The van der Waals surface area contributed by atoms with E-state index in [4.69, 9.17) is 0 Å². The lowest BCUT2D eigenvalue weighted by molar-refractivity contribution is 0.102. The maximum atomic E-state index is 12.5. The van der Waals surface area contributed by atoms with Crippen molar-refractivity contribution in [1.82, 2.24) is 0 Å². The molecule has 3 aromatic carbocycles. The Labute approximate surface area is 172 Å². The Balaban J connectivity index is 1.78. The van der Waals surface area contributed by atoms with Crippen LogP contribution in [0, 0.1) is 13.8 Å². The van der Waals surface area contributed by atoms with Gasteiger partial charge in [0.1, 0.15) is 0 Å². The van der Waals surface area contributed by atoms with Crippen LogP contribution in [0.3, 0.4) is 0 Å². The fourth-order valence-corrected chi connectivity index (χ4v) is 3.90. The van der Waals surface area contributed by atoms with E-state index in [1.807, 2.05) is 56.3 Å². The van der Waals surface area contributed by atoms with E-state index < -0.39 is 10.0 Å². The first-order valence-corrected chi connectivity index (χ1v) is 11.1. The van der Waals surface area contributed by atoms with E-state index in [0.717, 1.165) is 22.4 Å². The molecule has 0 saturated carbocycles. The van der Waals surface area contributed by atoms with Crippen LogP contribution in [0.25, 0.3) is 0 Å². The number of rotatable bonds is 6. The van der Waals surface area contributed by atoms with Gasteiger partial charge in [0.05, 0.1) is 18.5 Å². The molecule has 5 nitrogen and oxygen atoms in total. The summed E-state index contributed by atoms with van der Waals surface area (Å²) >= 11 is 0. The number of carbonyl (C=O) groups is 1. The number of carbonyl (C=O) groups excluding carboxylic acids is 1. The first-order chi connectivity index (χ1) is 13.7. The van der Waals surface area contributed by atoms with Gasteiger partial charge in [-0.25, -0.2) is 8.42 Å². The van der Waals surface area contributed by atoms with Gasteiger partial charge in [-0.05, 0) is 60.9 Å². The molecule has 150 valence electrons. The fraction of sp³-hybridized carbons (Fsp3) is 0.174. The van der Waals surface area contributed by atoms with Crippen molar-refractivity contribution in [2.75, 3.05) is 15.9 Å². The molecule has 3 aromatic rings. The first kappa shape index (κ1) is 20.6. The molecule has 1 N–H and O–H groups in total. The normalized spacial score (nSPS) is 11.1. The van der Waals surface area contributed by atoms with Crippen LogP contribution in [0.4, 0.5) is 11.4 Å². The number of hydrogen-bond donors (Lipinski definition) is 1. The lowest BCUT2D eigenvalue weighted by Gasteiger charge is -2.23. The van der Waals surface area contributed by atoms with Crippen molar-refractivity contribution >= 4 is 27.3 Å². The zero-order valence-corrected chi connectivity index (χ0v) is 17.5. The Morgan fingerprint density at radius 2 is 1.62 bits per heavy atom. The van der Waals surface area contributed by atoms with Gasteiger partial charge in [-0.2, -0.15) is 0 Å². The summed E-state index contributed by atoms with van der Waals surface area (Å²) < 4.78 is 26.0. The number of amides is 1. The number of para-hydroxylation sites is 1. The summed E-state index contributed by atoms with van der Waals surface area (Å²) in [5, 5.41) is 2.90. The maximum absolute atomic E-state index is 12.5. The van der Waals surface area contributed by atoms with Gasteiger partial charge in [0.15, 0.2) is 0 Å². The number of anilines is 2. The molecule has 29 heavy (non-hydrogen) atoms. The number of sulfonamides is 1. The Morgan fingerprint density at radius 3 is 2.24 bits per heavy atom. The third-order valence-electron chi connectivity index (χ3n) is 4.63. The summed E-state index contributed by atoms with van der Waals surface area (Å²) in [6, 6.07) is 21.9. The van der Waals surface area contributed by atoms with Crippen molar-refractivity contribution in [1.29, 1.82) is 0 Å². The molecular formula is C23H24N2O3S. The van der Waals surface area contributed by atoms with E-state index in [0.29, 0.717) is 11.3 Å². The van der Waals surface area contributed by atoms with Gasteiger partial charge in [-0.15, -0.1) is 0 Å². The minimum absolute atomic E-state index is 0.196. The topological polar surface area (TPSA) is 66.5 Å².